The molecule has 0 unspecified atom stereocenters. The summed E-state index contributed by atoms with van der Waals surface area (Å²) < 4.78 is 5.79. The number of amides is 1. The van der Waals surface area contributed by atoms with E-state index in [1.807, 2.05) is 24.3 Å². The smallest absolute Gasteiger partial charge is 0.347 e. The van der Waals surface area contributed by atoms with Crippen LogP contribution < -0.4 is 10.1 Å². The third-order valence-electron chi connectivity index (χ3n) is 4.21. The van der Waals surface area contributed by atoms with Crippen molar-refractivity contribution in [3.05, 3.63) is 81.8 Å². The van der Waals surface area contributed by atoms with Gasteiger partial charge in [-0.2, -0.15) is 0 Å². The minimum atomic E-state index is -1.10. The van der Waals surface area contributed by atoms with Crippen LogP contribution in [0.1, 0.15) is 25.6 Å². The highest BCUT2D eigenvalue weighted by Gasteiger charge is 2.17. The Kier molecular flexibility index (Phi) is 5.60. The highest BCUT2D eigenvalue weighted by Crippen LogP contribution is 2.26. The number of rotatable bonds is 6. The number of halogens is 1. The van der Waals surface area contributed by atoms with Crippen LogP contribution in [0.3, 0.4) is 0 Å². The number of benzene rings is 2. The van der Waals surface area contributed by atoms with Gasteiger partial charge in [0.2, 0.25) is 5.88 Å². The van der Waals surface area contributed by atoms with Gasteiger partial charge in [0.05, 0.1) is 17.3 Å². The third-order valence-corrected chi connectivity index (χ3v) is 5.48. The number of hydrogen-bond acceptors (Lipinski definition) is 6. The summed E-state index contributed by atoms with van der Waals surface area (Å²) in [5.74, 6) is -1.27. The summed E-state index contributed by atoms with van der Waals surface area (Å²) >= 11 is 7.05. The van der Waals surface area contributed by atoms with Gasteiger partial charge in [0.15, 0.2) is 5.13 Å². The van der Waals surface area contributed by atoms with E-state index < -0.39 is 11.9 Å². The van der Waals surface area contributed by atoms with Gasteiger partial charge in [-0.05, 0) is 12.1 Å². The first kappa shape index (κ1) is 19.8. The lowest BCUT2D eigenvalue weighted by Crippen LogP contribution is -2.13. The number of aromatic carboxylic acids is 1. The number of ether oxygens (including phenoxy) is 1. The molecule has 30 heavy (non-hydrogen) atoms. The second kappa shape index (κ2) is 8.48. The fourth-order valence-electron chi connectivity index (χ4n) is 2.78. The van der Waals surface area contributed by atoms with Crippen molar-refractivity contribution in [1.29, 1.82) is 0 Å². The molecule has 4 rings (SSSR count). The number of para-hydroxylation sites is 1. The molecule has 2 aromatic heterocycles. The molecular formula is C21H14ClN3O4S. The summed E-state index contributed by atoms with van der Waals surface area (Å²) in [6, 6.07) is 16.0. The van der Waals surface area contributed by atoms with Gasteiger partial charge in [0.1, 0.15) is 11.5 Å². The number of carboxylic acids is 1. The van der Waals surface area contributed by atoms with Crippen molar-refractivity contribution in [3.63, 3.8) is 0 Å². The lowest BCUT2D eigenvalue weighted by molar-refractivity contribution is 0.0701. The molecule has 0 saturated carbocycles. The average molecular weight is 440 g/mol. The lowest BCUT2D eigenvalue weighted by atomic mass is 10.1. The molecule has 0 aliphatic carbocycles. The maximum Gasteiger partial charge on any atom is 0.347 e. The van der Waals surface area contributed by atoms with Crippen molar-refractivity contribution in [1.82, 2.24) is 9.97 Å². The predicted octanol–water partition coefficient (Wildman–Crippen LogP) is 4.87. The van der Waals surface area contributed by atoms with E-state index >= 15 is 0 Å². The Balaban J connectivity index is 1.63. The first-order valence-electron chi connectivity index (χ1n) is 8.78. The van der Waals surface area contributed by atoms with E-state index in [9.17, 15) is 9.59 Å². The number of carboxylic acid groups (broad SMARTS) is 1. The van der Waals surface area contributed by atoms with Crippen LogP contribution >= 0.6 is 22.9 Å². The molecule has 0 saturated heterocycles. The number of hydrogen-bond donors (Lipinski definition) is 2. The molecule has 0 spiro atoms. The highest BCUT2D eigenvalue weighted by atomic mass is 35.5. The van der Waals surface area contributed by atoms with Gasteiger partial charge in [0, 0.05) is 22.0 Å². The van der Waals surface area contributed by atoms with Gasteiger partial charge in [-0.25, -0.2) is 14.8 Å². The van der Waals surface area contributed by atoms with Crippen LogP contribution in [-0.2, 0) is 6.61 Å². The number of nitrogens with one attached hydrogen (secondary N) is 1. The van der Waals surface area contributed by atoms with Crippen molar-refractivity contribution in [3.8, 4) is 5.88 Å². The van der Waals surface area contributed by atoms with Crippen molar-refractivity contribution in [2.24, 2.45) is 0 Å². The summed E-state index contributed by atoms with van der Waals surface area (Å²) in [6.45, 7) is 0.195. The summed E-state index contributed by atoms with van der Waals surface area (Å²) in [4.78, 5) is 32.3. The molecule has 0 radical (unpaired) electrons. The molecular weight excluding hydrogens is 426 g/mol. The summed E-state index contributed by atoms with van der Waals surface area (Å²) in [5, 5.41) is 13.1. The second-order valence-electron chi connectivity index (χ2n) is 6.19. The molecule has 0 fully saturated rings. The number of carbonyl (C=O) groups excluding carboxylic acids is 1. The summed E-state index contributed by atoms with van der Waals surface area (Å²) in [7, 11) is 0. The minimum absolute atomic E-state index is 0.0358. The quantitative estimate of drug-likeness (QED) is 0.444. The van der Waals surface area contributed by atoms with Crippen molar-refractivity contribution >= 4 is 50.8 Å². The van der Waals surface area contributed by atoms with Gasteiger partial charge in [0.25, 0.3) is 5.91 Å². The maximum absolute atomic E-state index is 12.9. The molecule has 2 heterocycles. The predicted molar refractivity (Wildman–Crippen MR) is 115 cm³/mol. The van der Waals surface area contributed by atoms with E-state index in [1.54, 1.807) is 30.3 Å². The zero-order valence-electron chi connectivity index (χ0n) is 15.3. The van der Waals surface area contributed by atoms with Crippen LogP contribution in [0.15, 0.2) is 60.8 Å². The van der Waals surface area contributed by atoms with Gasteiger partial charge in [-0.3, -0.25) is 10.1 Å². The number of pyridine rings is 1. The topological polar surface area (TPSA) is 101 Å². The Hall–Kier alpha value is -3.49. The van der Waals surface area contributed by atoms with E-state index in [0.717, 1.165) is 16.9 Å². The van der Waals surface area contributed by atoms with Crippen molar-refractivity contribution < 1.29 is 19.4 Å². The first-order chi connectivity index (χ1) is 14.5. The number of anilines is 1. The Labute approximate surface area is 179 Å². The molecule has 0 aliphatic heterocycles. The van der Waals surface area contributed by atoms with Crippen LogP contribution in [0.5, 0.6) is 5.88 Å². The molecule has 150 valence electrons. The van der Waals surface area contributed by atoms with Crippen LogP contribution in [0.2, 0.25) is 5.02 Å². The number of carbonyl (C=O) groups is 2. The Bertz CT molecular complexity index is 1260. The monoisotopic (exact) mass is 439 g/mol. The number of aromatic nitrogens is 2. The van der Waals surface area contributed by atoms with Crippen LogP contribution in [0.25, 0.3) is 10.9 Å². The largest absolute Gasteiger partial charge is 0.477 e. The maximum atomic E-state index is 12.9. The molecule has 9 heteroatoms. The molecule has 0 atom stereocenters. The summed E-state index contributed by atoms with van der Waals surface area (Å²) in [6.07, 6.45) is 1.20. The zero-order valence-corrected chi connectivity index (χ0v) is 16.9. The number of thiazole rings is 1. The van der Waals surface area contributed by atoms with E-state index in [1.165, 1.54) is 6.20 Å². The SMILES string of the molecule is O=C(O)c1cnc(NC(=O)c2cc(OCc3ccccc3Cl)nc3ccccc23)s1. The second-order valence-corrected chi connectivity index (χ2v) is 7.63. The van der Waals surface area contributed by atoms with Crippen LogP contribution in [0.4, 0.5) is 5.13 Å². The van der Waals surface area contributed by atoms with Gasteiger partial charge in [-0.1, -0.05) is 59.3 Å². The van der Waals surface area contributed by atoms with Gasteiger partial charge < -0.3 is 9.84 Å². The van der Waals surface area contributed by atoms with Crippen LogP contribution in [-0.4, -0.2) is 27.0 Å². The molecule has 0 bridgehead atoms. The molecule has 7 nitrogen and oxygen atoms in total. The van der Waals surface area contributed by atoms with Crippen molar-refractivity contribution in [2.75, 3.05) is 5.32 Å². The van der Waals surface area contributed by atoms with E-state index in [4.69, 9.17) is 21.4 Å². The number of fused-ring (bicyclic) bond motifs is 1. The molecule has 1 amide bonds. The molecule has 2 aromatic carbocycles. The lowest BCUT2D eigenvalue weighted by Gasteiger charge is -2.11. The molecule has 0 aliphatic rings. The zero-order chi connectivity index (χ0) is 21.1. The fraction of sp³-hybridized carbons (Fsp3) is 0.0476. The highest BCUT2D eigenvalue weighted by molar-refractivity contribution is 7.17. The van der Waals surface area contributed by atoms with Crippen LogP contribution in [0, 0.1) is 0 Å². The number of nitrogens with zero attached hydrogens (tertiary/aromatic N) is 2. The Morgan fingerprint density at radius 2 is 1.90 bits per heavy atom. The third kappa shape index (κ3) is 4.24. The average Bonchev–Trinajstić information content (AvgIpc) is 3.21. The standard InChI is InChI=1S/C21H14ClN3O4S/c22-15-7-3-1-5-12(15)11-29-18-9-14(13-6-2-4-8-16(13)24-18)19(26)25-21-23-10-17(30-21)20(27)28/h1-10H,11H2,(H,27,28)(H,23,25,26). The molecule has 2 N–H and O–H groups in total. The first-order valence-corrected chi connectivity index (χ1v) is 9.97. The Morgan fingerprint density at radius 1 is 1.13 bits per heavy atom. The van der Waals surface area contributed by atoms with E-state index in [0.29, 0.717) is 21.5 Å². The Morgan fingerprint density at radius 3 is 2.67 bits per heavy atom. The summed E-state index contributed by atoms with van der Waals surface area (Å²) in [5.41, 5.74) is 1.72. The molecule has 4 aromatic rings. The van der Waals surface area contributed by atoms with Gasteiger partial charge >= 0.3 is 5.97 Å². The van der Waals surface area contributed by atoms with E-state index in [2.05, 4.69) is 15.3 Å². The normalized spacial score (nSPS) is 10.7. The fourth-order valence-corrected chi connectivity index (χ4v) is 3.62. The van der Waals surface area contributed by atoms with Gasteiger partial charge in [-0.15, -0.1) is 0 Å². The minimum Gasteiger partial charge on any atom is -0.477 e. The van der Waals surface area contributed by atoms with E-state index in [-0.39, 0.29) is 22.5 Å². The van der Waals surface area contributed by atoms with Crippen molar-refractivity contribution in [2.45, 2.75) is 6.61 Å².